The zero-order valence-corrected chi connectivity index (χ0v) is 15.6. The first-order valence-corrected chi connectivity index (χ1v) is 8.82. The number of H-pyrrole nitrogens is 1. The lowest BCUT2D eigenvalue weighted by molar-refractivity contribution is 0.0546. The van der Waals surface area contributed by atoms with Crippen LogP contribution in [-0.4, -0.2) is 63.4 Å². The first-order chi connectivity index (χ1) is 12.5. The minimum Gasteiger partial charge on any atom is -0.489 e. The van der Waals surface area contributed by atoms with Crippen LogP contribution in [0.5, 0.6) is 5.75 Å². The molecular formula is C18H25N5O3. The second-order valence-electron chi connectivity index (χ2n) is 6.81. The summed E-state index contributed by atoms with van der Waals surface area (Å²) in [6, 6.07) is 1.68. The van der Waals surface area contributed by atoms with Gasteiger partial charge in [0.2, 0.25) is 0 Å². The first-order valence-electron chi connectivity index (χ1n) is 8.82. The highest BCUT2D eigenvalue weighted by molar-refractivity contribution is 5.96. The summed E-state index contributed by atoms with van der Waals surface area (Å²) in [4.78, 5) is 23.0. The van der Waals surface area contributed by atoms with E-state index in [-0.39, 0.29) is 24.0 Å². The third-order valence-corrected chi connectivity index (χ3v) is 4.33. The van der Waals surface area contributed by atoms with Crippen molar-refractivity contribution in [2.24, 2.45) is 0 Å². The van der Waals surface area contributed by atoms with Crippen molar-refractivity contribution >= 4 is 5.91 Å². The summed E-state index contributed by atoms with van der Waals surface area (Å²) >= 11 is 0. The predicted molar refractivity (Wildman–Crippen MR) is 95.2 cm³/mol. The molecule has 1 saturated heterocycles. The van der Waals surface area contributed by atoms with Gasteiger partial charge in [-0.2, -0.15) is 5.10 Å². The van der Waals surface area contributed by atoms with E-state index in [2.05, 4.69) is 20.2 Å². The molecule has 140 valence electrons. The zero-order chi connectivity index (χ0) is 18.7. The number of pyridine rings is 1. The number of ether oxygens (including phenoxy) is 2. The number of aryl methyl sites for hydroxylation is 1. The van der Waals surface area contributed by atoms with Crippen LogP contribution < -0.4 is 4.74 Å². The SMILES string of the molecule is Cc1nc([C@@H]2CCO[C@@H]2CN(C)C(=O)c2ccncc2OC(C)C)n[nH]1. The quantitative estimate of drug-likeness (QED) is 0.847. The molecule has 1 fully saturated rings. The fraction of sp³-hybridized carbons (Fsp3) is 0.556. The highest BCUT2D eigenvalue weighted by atomic mass is 16.5. The van der Waals surface area contributed by atoms with Crippen molar-refractivity contribution in [3.8, 4) is 5.75 Å². The highest BCUT2D eigenvalue weighted by Gasteiger charge is 2.34. The maximum Gasteiger partial charge on any atom is 0.257 e. The Morgan fingerprint density at radius 3 is 3.00 bits per heavy atom. The number of likely N-dealkylation sites (N-methyl/N-ethyl adjacent to an activating group) is 1. The Kier molecular flexibility index (Phi) is 5.51. The molecule has 0 radical (unpaired) electrons. The van der Waals surface area contributed by atoms with Crippen molar-refractivity contribution in [3.63, 3.8) is 0 Å². The van der Waals surface area contributed by atoms with Crippen LogP contribution >= 0.6 is 0 Å². The van der Waals surface area contributed by atoms with Crippen LogP contribution in [0.15, 0.2) is 18.5 Å². The van der Waals surface area contributed by atoms with Gasteiger partial charge in [0.1, 0.15) is 5.82 Å². The van der Waals surface area contributed by atoms with Crippen LogP contribution in [0.1, 0.15) is 48.2 Å². The average Bonchev–Trinajstić information content (AvgIpc) is 3.22. The standard InChI is InChI=1S/C18H25N5O3/c1-11(2)26-15-9-19-7-5-14(15)18(24)23(4)10-16-13(6-8-25-16)17-20-12(3)21-22-17/h5,7,9,11,13,16H,6,8,10H2,1-4H3,(H,20,21,22)/t13-,16-/m1/s1. The minimum absolute atomic E-state index is 0.0346. The summed E-state index contributed by atoms with van der Waals surface area (Å²) in [5.74, 6) is 1.98. The van der Waals surface area contributed by atoms with Crippen molar-refractivity contribution in [3.05, 3.63) is 35.7 Å². The van der Waals surface area contributed by atoms with Crippen molar-refractivity contribution in [1.82, 2.24) is 25.1 Å². The normalized spacial score (nSPS) is 19.7. The van der Waals surface area contributed by atoms with Gasteiger partial charge in [-0.05, 0) is 33.3 Å². The van der Waals surface area contributed by atoms with Crippen LogP contribution in [0, 0.1) is 6.92 Å². The molecule has 2 aromatic heterocycles. The van der Waals surface area contributed by atoms with Crippen molar-refractivity contribution in [1.29, 1.82) is 0 Å². The van der Waals surface area contributed by atoms with Gasteiger partial charge in [-0.3, -0.25) is 14.9 Å². The Labute approximate surface area is 152 Å². The number of carbonyl (C=O) groups is 1. The van der Waals surface area contributed by atoms with Crippen LogP contribution in [0.3, 0.4) is 0 Å². The Morgan fingerprint density at radius 2 is 2.31 bits per heavy atom. The lowest BCUT2D eigenvalue weighted by atomic mass is 10.00. The largest absolute Gasteiger partial charge is 0.489 e. The maximum absolute atomic E-state index is 12.9. The van der Waals surface area contributed by atoms with E-state index in [9.17, 15) is 4.79 Å². The molecule has 1 aliphatic heterocycles. The van der Waals surface area contributed by atoms with Crippen LogP contribution in [-0.2, 0) is 4.74 Å². The van der Waals surface area contributed by atoms with Crippen molar-refractivity contribution in [2.45, 2.75) is 45.3 Å². The number of aromatic amines is 1. The van der Waals surface area contributed by atoms with Gasteiger partial charge in [0.25, 0.3) is 5.91 Å². The van der Waals surface area contributed by atoms with Crippen LogP contribution in [0.4, 0.5) is 0 Å². The number of aromatic nitrogens is 4. The van der Waals surface area contributed by atoms with Gasteiger partial charge >= 0.3 is 0 Å². The van der Waals surface area contributed by atoms with Crippen molar-refractivity contribution in [2.75, 3.05) is 20.2 Å². The Bertz CT molecular complexity index is 761. The van der Waals surface area contributed by atoms with E-state index in [4.69, 9.17) is 9.47 Å². The molecule has 26 heavy (non-hydrogen) atoms. The number of nitrogens with zero attached hydrogens (tertiary/aromatic N) is 4. The molecule has 1 amide bonds. The smallest absolute Gasteiger partial charge is 0.257 e. The summed E-state index contributed by atoms with van der Waals surface area (Å²) in [5.41, 5.74) is 0.500. The third-order valence-electron chi connectivity index (χ3n) is 4.33. The predicted octanol–water partition coefficient (Wildman–Crippen LogP) is 1.94. The highest BCUT2D eigenvalue weighted by Crippen LogP contribution is 2.30. The van der Waals surface area contributed by atoms with E-state index >= 15 is 0 Å². The van der Waals surface area contributed by atoms with E-state index < -0.39 is 0 Å². The second kappa shape index (κ2) is 7.82. The lowest BCUT2D eigenvalue weighted by Gasteiger charge is -2.24. The molecule has 0 spiro atoms. The molecule has 0 aromatic carbocycles. The summed E-state index contributed by atoms with van der Waals surface area (Å²) in [7, 11) is 1.77. The molecule has 0 bridgehead atoms. The zero-order valence-electron chi connectivity index (χ0n) is 15.6. The first kappa shape index (κ1) is 18.3. The van der Waals surface area contributed by atoms with Gasteiger partial charge in [0, 0.05) is 26.4 Å². The van der Waals surface area contributed by atoms with E-state index in [0.717, 1.165) is 18.1 Å². The summed E-state index contributed by atoms with van der Waals surface area (Å²) < 4.78 is 11.6. The molecule has 2 aromatic rings. The second-order valence-corrected chi connectivity index (χ2v) is 6.81. The van der Waals surface area contributed by atoms with Gasteiger partial charge in [-0.15, -0.1) is 0 Å². The third kappa shape index (κ3) is 4.01. The minimum atomic E-state index is -0.129. The Balaban J connectivity index is 1.71. The van der Waals surface area contributed by atoms with Gasteiger partial charge in [-0.25, -0.2) is 4.98 Å². The molecule has 3 rings (SSSR count). The van der Waals surface area contributed by atoms with Gasteiger partial charge in [0.05, 0.1) is 29.9 Å². The molecular weight excluding hydrogens is 334 g/mol. The number of hydrogen-bond donors (Lipinski definition) is 1. The number of nitrogens with one attached hydrogen (secondary N) is 1. The van der Waals surface area contributed by atoms with E-state index in [1.54, 1.807) is 30.4 Å². The Morgan fingerprint density at radius 1 is 1.50 bits per heavy atom. The Hall–Kier alpha value is -2.48. The molecule has 3 heterocycles. The fourth-order valence-corrected chi connectivity index (χ4v) is 3.11. The van der Waals surface area contributed by atoms with Gasteiger partial charge in [-0.1, -0.05) is 0 Å². The number of amides is 1. The number of carbonyl (C=O) groups excluding carboxylic acids is 1. The summed E-state index contributed by atoms with van der Waals surface area (Å²) in [6.07, 6.45) is 3.86. The van der Waals surface area contributed by atoms with Gasteiger partial charge in [0.15, 0.2) is 11.6 Å². The van der Waals surface area contributed by atoms with Crippen LogP contribution in [0.2, 0.25) is 0 Å². The van der Waals surface area contributed by atoms with E-state index in [1.807, 2.05) is 20.8 Å². The molecule has 0 unspecified atom stereocenters. The average molecular weight is 359 g/mol. The molecule has 0 aliphatic carbocycles. The van der Waals surface area contributed by atoms with E-state index in [0.29, 0.717) is 24.5 Å². The van der Waals surface area contributed by atoms with Crippen LogP contribution in [0.25, 0.3) is 0 Å². The molecule has 2 atom stereocenters. The number of rotatable bonds is 6. The fourth-order valence-electron chi connectivity index (χ4n) is 3.11. The van der Waals surface area contributed by atoms with Gasteiger partial charge < -0.3 is 14.4 Å². The summed E-state index contributed by atoms with van der Waals surface area (Å²) in [6.45, 7) is 6.81. The molecule has 1 N–H and O–H groups in total. The van der Waals surface area contributed by atoms with E-state index in [1.165, 1.54) is 0 Å². The molecule has 1 aliphatic rings. The summed E-state index contributed by atoms with van der Waals surface area (Å²) in [5, 5.41) is 7.13. The van der Waals surface area contributed by atoms with Crippen molar-refractivity contribution < 1.29 is 14.3 Å². The molecule has 0 saturated carbocycles. The topological polar surface area (TPSA) is 93.2 Å². The lowest BCUT2D eigenvalue weighted by Crippen LogP contribution is -2.36. The monoisotopic (exact) mass is 359 g/mol. The maximum atomic E-state index is 12.9. The molecule has 8 heteroatoms. The number of hydrogen-bond acceptors (Lipinski definition) is 6. The molecule has 8 nitrogen and oxygen atoms in total.